The maximum absolute atomic E-state index is 10.3. The third-order valence-corrected chi connectivity index (χ3v) is 3.52. The molecule has 0 amide bonds. The molecule has 100 valence electrons. The van der Waals surface area contributed by atoms with Gasteiger partial charge in [0, 0.05) is 6.20 Å². The topological polar surface area (TPSA) is 33.1 Å². The zero-order valence-corrected chi connectivity index (χ0v) is 12.3. The molecule has 1 heterocycles. The van der Waals surface area contributed by atoms with Crippen LogP contribution in [-0.2, 0) is 0 Å². The second kappa shape index (κ2) is 5.91. The van der Waals surface area contributed by atoms with Gasteiger partial charge < -0.3 is 5.11 Å². The Balaban J connectivity index is 2.30. The van der Waals surface area contributed by atoms with Gasteiger partial charge in [-0.1, -0.05) is 61.3 Å². The van der Waals surface area contributed by atoms with Gasteiger partial charge in [0.25, 0.3) is 0 Å². The lowest BCUT2D eigenvalue weighted by molar-refractivity contribution is 0.215. The van der Waals surface area contributed by atoms with Gasteiger partial charge in [-0.15, -0.1) is 0 Å². The Morgan fingerprint density at radius 1 is 1.05 bits per heavy atom. The van der Waals surface area contributed by atoms with E-state index in [1.54, 1.807) is 6.07 Å². The Kier molecular flexibility index (Phi) is 4.46. The first kappa shape index (κ1) is 14.3. The summed E-state index contributed by atoms with van der Waals surface area (Å²) in [5, 5.41) is 11.1. The molecule has 0 aliphatic carbocycles. The summed E-state index contributed by atoms with van der Waals surface area (Å²) >= 11 is 11.8. The Bertz CT molecular complexity index is 567. The minimum Gasteiger partial charge on any atom is -0.382 e. The molecule has 0 radical (unpaired) electrons. The van der Waals surface area contributed by atoms with Crippen LogP contribution >= 0.6 is 23.2 Å². The highest BCUT2D eigenvalue weighted by atomic mass is 35.5. The van der Waals surface area contributed by atoms with E-state index >= 15 is 0 Å². The van der Waals surface area contributed by atoms with E-state index in [0.29, 0.717) is 21.7 Å². The van der Waals surface area contributed by atoms with Crippen molar-refractivity contribution in [1.29, 1.82) is 0 Å². The fraction of sp³-hybridized carbons (Fsp3) is 0.267. The van der Waals surface area contributed by atoms with Crippen LogP contribution in [0, 0.1) is 0 Å². The lowest BCUT2D eigenvalue weighted by atomic mass is 9.99. The van der Waals surface area contributed by atoms with Crippen molar-refractivity contribution in [2.24, 2.45) is 0 Å². The Morgan fingerprint density at radius 3 is 2.16 bits per heavy atom. The maximum Gasteiger partial charge on any atom is 0.122 e. The molecule has 1 unspecified atom stereocenters. The molecule has 2 aromatic rings. The smallest absolute Gasteiger partial charge is 0.122 e. The molecule has 1 N–H and O–H groups in total. The standard InChI is InChI=1S/C15H15Cl2NO/c1-9(2)10-3-5-11(6-4-10)15(19)14-13(17)7-12(16)8-18-14/h3-9,15,19H,1-2H3. The average molecular weight is 296 g/mol. The fourth-order valence-corrected chi connectivity index (χ4v) is 2.33. The average Bonchev–Trinajstić information content (AvgIpc) is 2.38. The van der Waals surface area contributed by atoms with E-state index in [1.165, 1.54) is 11.8 Å². The molecule has 0 fully saturated rings. The highest BCUT2D eigenvalue weighted by Crippen LogP contribution is 2.29. The van der Waals surface area contributed by atoms with Gasteiger partial charge in [0.15, 0.2) is 0 Å². The van der Waals surface area contributed by atoms with Crippen molar-refractivity contribution in [3.63, 3.8) is 0 Å². The summed E-state index contributed by atoms with van der Waals surface area (Å²) in [6.45, 7) is 4.26. The Labute approximate surface area is 123 Å². The molecule has 1 aromatic heterocycles. The molecule has 1 aromatic carbocycles. The zero-order valence-electron chi connectivity index (χ0n) is 10.8. The van der Waals surface area contributed by atoms with Gasteiger partial charge >= 0.3 is 0 Å². The molecule has 2 rings (SSSR count). The molecule has 0 aliphatic heterocycles. The van der Waals surface area contributed by atoms with Gasteiger partial charge in [-0.3, -0.25) is 4.98 Å². The first-order valence-electron chi connectivity index (χ1n) is 6.08. The molecule has 0 aliphatic rings. The molecule has 0 spiro atoms. The van der Waals surface area contributed by atoms with Crippen molar-refractivity contribution in [1.82, 2.24) is 4.98 Å². The van der Waals surface area contributed by atoms with Gasteiger partial charge in [-0.05, 0) is 23.1 Å². The third-order valence-electron chi connectivity index (χ3n) is 3.01. The van der Waals surface area contributed by atoms with Crippen LogP contribution in [0.5, 0.6) is 0 Å². The largest absolute Gasteiger partial charge is 0.382 e. The number of aliphatic hydroxyl groups is 1. The molecule has 19 heavy (non-hydrogen) atoms. The number of aromatic nitrogens is 1. The predicted octanol–water partition coefficient (Wildman–Crippen LogP) is 4.59. The van der Waals surface area contributed by atoms with Crippen LogP contribution in [-0.4, -0.2) is 10.1 Å². The molecule has 2 nitrogen and oxygen atoms in total. The van der Waals surface area contributed by atoms with Gasteiger partial charge in [0.1, 0.15) is 6.10 Å². The van der Waals surface area contributed by atoms with Gasteiger partial charge in [-0.2, -0.15) is 0 Å². The minimum absolute atomic E-state index is 0.368. The molecule has 1 atom stereocenters. The first-order valence-corrected chi connectivity index (χ1v) is 6.83. The number of pyridine rings is 1. The quantitative estimate of drug-likeness (QED) is 0.898. The monoisotopic (exact) mass is 295 g/mol. The second-order valence-corrected chi connectivity index (χ2v) is 5.59. The van der Waals surface area contributed by atoms with E-state index in [-0.39, 0.29) is 0 Å². The maximum atomic E-state index is 10.3. The summed E-state index contributed by atoms with van der Waals surface area (Å²) in [6.07, 6.45) is 0.639. The van der Waals surface area contributed by atoms with Crippen LogP contribution in [0.1, 0.15) is 42.7 Å². The molecular weight excluding hydrogens is 281 g/mol. The van der Waals surface area contributed by atoms with Crippen molar-refractivity contribution in [2.75, 3.05) is 0 Å². The number of aliphatic hydroxyl groups excluding tert-OH is 1. The number of hydrogen-bond acceptors (Lipinski definition) is 2. The normalized spacial score (nSPS) is 12.7. The van der Waals surface area contributed by atoms with Crippen LogP contribution in [0.15, 0.2) is 36.5 Å². The van der Waals surface area contributed by atoms with Crippen LogP contribution in [0.3, 0.4) is 0 Å². The van der Waals surface area contributed by atoms with Crippen molar-refractivity contribution < 1.29 is 5.11 Å². The van der Waals surface area contributed by atoms with E-state index in [4.69, 9.17) is 23.2 Å². The van der Waals surface area contributed by atoms with E-state index in [0.717, 1.165) is 5.56 Å². The van der Waals surface area contributed by atoms with Crippen LogP contribution in [0.25, 0.3) is 0 Å². The summed E-state index contributed by atoms with van der Waals surface area (Å²) in [4.78, 5) is 4.10. The second-order valence-electron chi connectivity index (χ2n) is 4.74. The lowest BCUT2D eigenvalue weighted by Gasteiger charge is -2.13. The Hall–Kier alpha value is -1.09. The predicted molar refractivity (Wildman–Crippen MR) is 78.8 cm³/mol. The number of rotatable bonds is 3. The van der Waals surface area contributed by atoms with E-state index < -0.39 is 6.10 Å². The summed E-state index contributed by atoms with van der Waals surface area (Å²) in [6, 6.07) is 9.39. The Morgan fingerprint density at radius 2 is 1.63 bits per heavy atom. The number of benzene rings is 1. The SMILES string of the molecule is CC(C)c1ccc(C(O)c2ncc(Cl)cc2Cl)cc1. The molecule has 0 saturated carbocycles. The third kappa shape index (κ3) is 3.27. The van der Waals surface area contributed by atoms with E-state index in [2.05, 4.69) is 18.8 Å². The lowest BCUT2D eigenvalue weighted by Crippen LogP contribution is -2.03. The summed E-state index contributed by atoms with van der Waals surface area (Å²) in [5.41, 5.74) is 2.41. The van der Waals surface area contributed by atoms with Gasteiger partial charge in [0.05, 0.1) is 15.7 Å². The van der Waals surface area contributed by atoms with Crippen molar-refractivity contribution in [3.8, 4) is 0 Å². The van der Waals surface area contributed by atoms with E-state index in [9.17, 15) is 5.11 Å². The molecule has 4 heteroatoms. The number of halogens is 2. The number of hydrogen-bond donors (Lipinski definition) is 1. The van der Waals surface area contributed by atoms with Crippen LogP contribution in [0.4, 0.5) is 0 Å². The summed E-state index contributed by atoms with van der Waals surface area (Å²) in [7, 11) is 0. The highest BCUT2D eigenvalue weighted by molar-refractivity contribution is 6.34. The van der Waals surface area contributed by atoms with Crippen LogP contribution < -0.4 is 0 Å². The van der Waals surface area contributed by atoms with Gasteiger partial charge in [-0.25, -0.2) is 0 Å². The molecule has 0 bridgehead atoms. The summed E-state index contributed by atoms with van der Waals surface area (Å²) < 4.78 is 0. The first-order chi connectivity index (χ1) is 8.99. The van der Waals surface area contributed by atoms with Gasteiger partial charge in [0.2, 0.25) is 0 Å². The minimum atomic E-state index is -0.842. The molecular formula is C15H15Cl2NO. The van der Waals surface area contributed by atoms with E-state index in [1.807, 2.05) is 24.3 Å². The molecule has 0 saturated heterocycles. The van der Waals surface area contributed by atoms with Crippen molar-refractivity contribution in [2.45, 2.75) is 25.9 Å². The zero-order chi connectivity index (χ0) is 14.0. The highest BCUT2D eigenvalue weighted by Gasteiger charge is 2.16. The number of nitrogens with zero attached hydrogens (tertiary/aromatic N) is 1. The van der Waals surface area contributed by atoms with Crippen molar-refractivity contribution >= 4 is 23.2 Å². The fourth-order valence-electron chi connectivity index (χ4n) is 1.85. The van der Waals surface area contributed by atoms with Crippen LogP contribution in [0.2, 0.25) is 10.0 Å². The van der Waals surface area contributed by atoms with Crippen molar-refractivity contribution in [3.05, 3.63) is 63.4 Å². The summed E-state index contributed by atoms with van der Waals surface area (Å²) in [5.74, 6) is 0.462.